The first-order valence-electron chi connectivity index (χ1n) is 6.41. The lowest BCUT2D eigenvalue weighted by molar-refractivity contribution is -0.137. The van der Waals surface area contributed by atoms with E-state index in [-0.39, 0.29) is 11.6 Å². The molecule has 0 unspecified atom stereocenters. The van der Waals surface area contributed by atoms with E-state index >= 15 is 0 Å². The SMILES string of the molecule is O=S(=O)(Nc1cccc(C(F)(F)F)c1)c1cnc(C2CC2)o1. The average molecular weight is 332 g/mol. The molecule has 1 heterocycles. The van der Waals surface area contributed by atoms with E-state index < -0.39 is 26.9 Å². The fourth-order valence-corrected chi connectivity index (χ4v) is 2.80. The normalized spacial score (nSPS) is 15.8. The number of rotatable bonds is 4. The molecule has 0 aliphatic heterocycles. The fraction of sp³-hybridized carbons (Fsp3) is 0.308. The van der Waals surface area contributed by atoms with E-state index in [4.69, 9.17) is 4.42 Å². The van der Waals surface area contributed by atoms with Gasteiger partial charge in [0.05, 0.1) is 11.8 Å². The van der Waals surface area contributed by atoms with Crippen molar-refractivity contribution in [2.24, 2.45) is 0 Å². The Kier molecular flexibility index (Phi) is 3.39. The first-order chi connectivity index (χ1) is 10.3. The van der Waals surface area contributed by atoms with E-state index in [0.717, 1.165) is 37.2 Å². The molecule has 22 heavy (non-hydrogen) atoms. The third kappa shape index (κ3) is 3.08. The van der Waals surface area contributed by atoms with Crippen molar-refractivity contribution in [3.05, 3.63) is 41.9 Å². The van der Waals surface area contributed by atoms with Gasteiger partial charge in [-0.2, -0.15) is 21.6 Å². The van der Waals surface area contributed by atoms with Gasteiger partial charge in [0.25, 0.3) is 15.1 Å². The summed E-state index contributed by atoms with van der Waals surface area (Å²) in [6.07, 6.45) is -1.71. The molecule has 1 aliphatic rings. The third-order valence-electron chi connectivity index (χ3n) is 3.14. The maximum absolute atomic E-state index is 12.6. The molecule has 0 radical (unpaired) electrons. The summed E-state index contributed by atoms with van der Waals surface area (Å²) in [6.45, 7) is 0. The van der Waals surface area contributed by atoms with Gasteiger partial charge in [-0.1, -0.05) is 6.07 Å². The second kappa shape index (κ2) is 5.01. The van der Waals surface area contributed by atoms with E-state index in [0.29, 0.717) is 5.89 Å². The van der Waals surface area contributed by atoms with Gasteiger partial charge in [0, 0.05) is 11.6 Å². The Bertz CT molecular complexity index is 795. The molecule has 9 heteroatoms. The first-order valence-corrected chi connectivity index (χ1v) is 7.90. The highest BCUT2D eigenvalue weighted by atomic mass is 32.2. The quantitative estimate of drug-likeness (QED) is 0.932. The highest BCUT2D eigenvalue weighted by Crippen LogP contribution is 2.40. The predicted molar refractivity (Wildman–Crippen MR) is 70.7 cm³/mol. The molecule has 3 rings (SSSR count). The van der Waals surface area contributed by atoms with E-state index in [1.54, 1.807) is 0 Å². The minimum Gasteiger partial charge on any atom is -0.427 e. The Morgan fingerprint density at radius 3 is 2.64 bits per heavy atom. The van der Waals surface area contributed by atoms with E-state index in [2.05, 4.69) is 9.71 Å². The standard InChI is InChI=1S/C13H11F3N2O3S/c14-13(15,16)9-2-1-3-10(6-9)18-22(19,20)11-7-17-12(21-11)8-4-5-8/h1-3,6-8,18H,4-5H2. The van der Waals surface area contributed by atoms with Crippen LogP contribution in [-0.2, 0) is 16.2 Å². The maximum Gasteiger partial charge on any atom is 0.416 e. The van der Waals surface area contributed by atoms with E-state index in [9.17, 15) is 21.6 Å². The van der Waals surface area contributed by atoms with Gasteiger partial charge in [0.2, 0.25) is 0 Å². The Balaban J connectivity index is 1.84. The highest BCUT2D eigenvalue weighted by molar-refractivity contribution is 7.92. The van der Waals surface area contributed by atoms with E-state index in [1.165, 1.54) is 6.07 Å². The Morgan fingerprint density at radius 1 is 1.27 bits per heavy atom. The summed E-state index contributed by atoms with van der Waals surface area (Å²) in [7, 11) is -4.11. The van der Waals surface area contributed by atoms with Crippen LogP contribution in [0.15, 0.2) is 40.0 Å². The molecule has 2 aromatic rings. The van der Waals surface area contributed by atoms with Crippen molar-refractivity contribution in [1.82, 2.24) is 4.98 Å². The molecule has 1 aliphatic carbocycles. The fourth-order valence-electron chi connectivity index (χ4n) is 1.88. The van der Waals surface area contributed by atoms with Crippen LogP contribution < -0.4 is 4.72 Å². The van der Waals surface area contributed by atoms with Crippen molar-refractivity contribution >= 4 is 15.7 Å². The molecule has 1 fully saturated rings. The zero-order valence-electron chi connectivity index (χ0n) is 11.1. The van der Waals surface area contributed by atoms with Crippen LogP contribution in [0.2, 0.25) is 0 Å². The van der Waals surface area contributed by atoms with Gasteiger partial charge in [0.15, 0.2) is 5.89 Å². The second-order valence-electron chi connectivity index (χ2n) is 4.98. The number of oxazole rings is 1. The number of nitrogens with one attached hydrogen (secondary N) is 1. The minimum atomic E-state index is -4.55. The zero-order chi connectivity index (χ0) is 16.0. The summed E-state index contributed by atoms with van der Waals surface area (Å²) in [5.74, 6) is 0.474. The molecule has 1 aromatic carbocycles. The van der Waals surface area contributed by atoms with Gasteiger partial charge in [-0.15, -0.1) is 0 Å². The molecule has 0 saturated heterocycles. The topological polar surface area (TPSA) is 72.2 Å². The Labute approximate surface area is 124 Å². The van der Waals surface area contributed by atoms with Crippen molar-refractivity contribution in [1.29, 1.82) is 0 Å². The summed E-state index contributed by atoms with van der Waals surface area (Å²) in [6, 6.07) is 3.93. The zero-order valence-corrected chi connectivity index (χ0v) is 11.9. The third-order valence-corrected chi connectivity index (χ3v) is 4.36. The number of nitrogens with zero attached hydrogens (tertiary/aromatic N) is 1. The van der Waals surface area contributed by atoms with Crippen LogP contribution in [0.3, 0.4) is 0 Å². The predicted octanol–water partition coefficient (Wildman–Crippen LogP) is 3.37. The summed E-state index contributed by atoms with van der Waals surface area (Å²) < 4.78 is 69.3. The van der Waals surface area contributed by atoms with Gasteiger partial charge < -0.3 is 4.42 Å². The number of hydrogen-bond donors (Lipinski definition) is 1. The first kappa shape index (κ1) is 14.9. The second-order valence-corrected chi connectivity index (χ2v) is 6.59. The largest absolute Gasteiger partial charge is 0.427 e. The van der Waals surface area contributed by atoms with Gasteiger partial charge in [-0.3, -0.25) is 4.72 Å². The molecule has 0 spiro atoms. The van der Waals surface area contributed by atoms with Crippen molar-refractivity contribution in [2.45, 2.75) is 30.0 Å². The van der Waals surface area contributed by atoms with Crippen LogP contribution in [0, 0.1) is 0 Å². The Hall–Kier alpha value is -2.03. The molecule has 1 saturated carbocycles. The van der Waals surface area contributed by atoms with Gasteiger partial charge in [-0.05, 0) is 31.0 Å². The maximum atomic E-state index is 12.6. The lowest BCUT2D eigenvalue weighted by atomic mass is 10.2. The van der Waals surface area contributed by atoms with Crippen molar-refractivity contribution in [2.75, 3.05) is 4.72 Å². The van der Waals surface area contributed by atoms with E-state index in [1.807, 2.05) is 0 Å². The number of sulfonamides is 1. The lowest BCUT2D eigenvalue weighted by Gasteiger charge is -2.09. The number of hydrogen-bond acceptors (Lipinski definition) is 4. The van der Waals surface area contributed by atoms with Crippen molar-refractivity contribution in [3.8, 4) is 0 Å². The van der Waals surface area contributed by atoms with Gasteiger partial charge in [0.1, 0.15) is 0 Å². The molecule has 0 atom stereocenters. The molecule has 0 bridgehead atoms. The van der Waals surface area contributed by atoms with Crippen LogP contribution in [0.25, 0.3) is 0 Å². The number of benzene rings is 1. The number of aromatic nitrogens is 1. The van der Waals surface area contributed by atoms with Gasteiger partial charge >= 0.3 is 6.18 Å². The summed E-state index contributed by atoms with van der Waals surface area (Å²) in [4.78, 5) is 3.88. The van der Waals surface area contributed by atoms with Gasteiger partial charge in [-0.25, -0.2) is 4.98 Å². The number of anilines is 1. The monoisotopic (exact) mass is 332 g/mol. The average Bonchev–Trinajstić information content (AvgIpc) is 3.14. The molecule has 1 aromatic heterocycles. The highest BCUT2D eigenvalue weighted by Gasteiger charge is 2.32. The lowest BCUT2D eigenvalue weighted by Crippen LogP contribution is -2.13. The van der Waals surface area contributed by atoms with Crippen molar-refractivity contribution in [3.63, 3.8) is 0 Å². The molecular formula is C13H11F3N2O3S. The smallest absolute Gasteiger partial charge is 0.416 e. The number of halogens is 3. The Morgan fingerprint density at radius 2 is 2.00 bits per heavy atom. The van der Waals surface area contributed by atoms with Crippen LogP contribution in [0.5, 0.6) is 0 Å². The molecule has 0 amide bonds. The van der Waals surface area contributed by atoms with Crippen LogP contribution in [0.1, 0.15) is 30.2 Å². The van der Waals surface area contributed by atoms with Crippen LogP contribution in [-0.4, -0.2) is 13.4 Å². The summed E-state index contributed by atoms with van der Waals surface area (Å²) >= 11 is 0. The van der Waals surface area contributed by atoms with Crippen LogP contribution >= 0.6 is 0 Å². The minimum absolute atomic E-state index is 0.137. The molecule has 118 valence electrons. The number of alkyl halides is 3. The molecule has 1 N–H and O–H groups in total. The van der Waals surface area contributed by atoms with Crippen molar-refractivity contribution < 1.29 is 26.0 Å². The van der Waals surface area contributed by atoms with Crippen LogP contribution in [0.4, 0.5) is 18.9 Å². The molecule has 5 nitrogen and oxygen atoms in total. The molecular weight excluding hydrogens is 321 g/mol. The summed E-state index contributed by atoms with van der Waals surface area (Å²) in [5, 5.41) is -0.410. The summed E-state index contributed by atoms with van der Waals surface area (Å²) in [5.41, 5.74) is -1.14.